The predicted octanol–water partition coefficient (Wildman–Crippen LogP) is -5.83. The normalized spacial score (nSPS) is 23.8. The fourth-order valence-electron chi connectivity index (χ4n) is 10.3. The summed E-state index contributed by atoms with van der Waals surface area (Å²) in [6.07, 6.45) is -27.1. The first-order valence-electron chi connectivity index (χ1n) is 28.7. The zero-order chi connectivity index (χ0) is 68.2. The van der Waals surface area contributed by atoms with Crippen LogP contribution in [-0.4, -0.2) is 251 Å². The topological polar surface area (TPSA) is 558 Å². The van der Waals surface area contributed by atoms with E-state index in [0.29, 0.717) is 5.56 Å². The molecule has 0 saturated carbocycles. The van der Waals surface area contributed by atoms with Crippen molar-refractivity contribution in [3.8, 4) is 17.2 Å². The molecule has 92 heavy (non-hydrogen) atoms. The molecule has 0 aromatic heterocycles. The first kappa shape index (κ1) is 73.1. The van der Waals surface area contributed by atoms with E-state index in [0.717, 1.165) is 13.8 Å². The first-order valence-corrected chi connectivity index (χ1v) is 28.7. The van der Waals surface area contributed by atoms with Crippen LogP contribution < -0.4 is 37.1 Å². The average molecular weight is 1310 g/mol. The number of primary amides is 1. The maximum Gasteiger partial charge on any atom is 0.407 e. The fourth-order valence-corrected chi connectivity index (χ4v) is 10.3. The van der Waals surface area contributed by atoms with E-state index in [1.807, 2.05) is 5.32 Å². The first-order chi connectivity index (χ1) is 43.5. The molecule has 1 aliphatic carbocycles. The van der Waals surface area contributed by atoms with E-state index in [1.165, 1.54) is 56.5 Å². The summed E-state index contributed by atoms with van der Waals surface area (Å²) in [4.78, 5) is 119. The average Bonchev–Trinajstić information content (AvgIpc) is 0.724. The van der Waals surface area contributed by atoms with Crippen molar-refractivity contribution in [2.24, 2.45) is 5.73 Å². The Hall–Kier alpha value is -7.91. The van der Waals surface area contributed by atoms with Crippen molar-refractivity contribution in [2.75, 3.05) is 38.9 Å². The van der Waals surface area contributed by atoms with Crippen LogP contribution in [0.5, 0.6) is 17.2 Å². The summed E-state index contributed by atoms with van der Waals surface area (Å²) in [6.45, 7) is -0.262. The number of anilines is 1. The third-order valence-electron chi connectivity index (χ3n) is 15.4. The Bertz CT molecular complexity index is 3170. The molecule has 0 radical (unpaired) electrons. The number of aliphatic hydroxyl groups excluding tert-OH is 11. The number of carbonyl (C=O) groups is 9. The minimum Gasteiger partial charge on any atom is -0.507 e. The molecule has 6 amide bonds. The molecular formula is C58H76N6O28. The summed E-state index contributed by atoms with van der Waals surface area (Å²) < 4.78 is 33.4. The third kappa shape index (κ3) is 17.2. The van der Waals surface area contributed by atoms with Gasteiger partial charge in [0.2, 0.25) is 29.4 Å². The van der Waals surface area contributed by atoms with Crippen LogP contribution in [0.15, 0.2) is 42.5 Å². The third-order valence-corrected chi connectivity index (χ3v) is 15.4. The molecule has 2 aliphatic heterocycles. The highest BCUT2D eigenvalue weighted by atomic mass is 16.7. The summed E-state index contributed by atoms with van der Waals surface area (Å²) in [7, 11) is 1.26. The molecule has 0 spiro atoms. The summed E-state index contributed by atoms with van der Waals surface area (Å²) in [5, 5.41) is 148. The Kier molecular flexibility index (Phi) is 25.9. The highest BCUT2D eigenvalue weighted by molar-refractivity contribution is 6.31. The zero-order valence-corrected chi connectivity index (χ0v) is 49.9. The van der Waals surface area contributed by atoms with Crippen molar-refractivity contribution in [1.29, 1.82) is 0 Å². The second-order valence-corrected chi connectivity index (χ2v) is 21.9. The highest BCUT2D eigenvalue weighted by Gasteiger charge is 2.48. The Balaban J connectivity index is 1.03. The number of aliphatic hydroxyl groups is 11. The molecule has 34 heteroatoms. The van der Waals surface area contributed by atoms with Gasteiger partial charge in [0.15, 0.2) is 30.3 Å². The van der Waals surface area contributed by atoms with Crippen molar-refractivity contribution >= 4 is 58.7 Å². The van der Waals surface area contributed by atoms with Gasteiger partial charge in [-0.2, -0.15) is 0 Å². The SMILES string of the molecule is COc1cccc2c1C(=O)c1c(O)c(C(CCO)O[C@H]3C[C@H](NC(=O)OCc4ccc(NC(=O)C(CC(N)=O)NC(=O)C(C)NC(=O)C(C)NC(=O)[C@H](O)[C@H](O)[C@@H](O[C@@H]5O[C@H](CO)[C@H](O)[C@H](O)[C@H]5O)[C@H](O)CO)cc4)[C@H](O)[C@H](C)O3)c(CCC(=O)CO)c(O)c1C2=O. The largest absolute Gasteiger partial charge is 0.507 e. The van der Waals surface area contributed by atoms with Gasteiger partial charge in [0, 0.05) is 48.2 Å². The van der Waals surface area contributed by atoms with Crippen LogP contribution in [-0.2, 0) is 65.5 Å². The Morgan fingerprint density at radius 3 is 2.00 bits per heavy atom. The van der Waals surface area contributed by atoms with Crippen molar-refractivity contribution in [3.63, 3.8) is 0 Å². The number of hydrogen-bond acceptors (Lipinski definition) is 28. The maximum atomic E-state index is 14.1. The lowest BCUT2D eigenvalue weighted by Gasteiger charge is -2.42. The molecule has 2 fully saturated rings. The number of rotatable bonds is 30. The summed E-state index contributed by atoms with van der Waals surface area (Å²) in [5.74, 6) is -9.62. The number of fused-ring (bicyclic) bond motifs is 2. The number of hydrogen-bond donors (Lipinski definition) is 19. The van der Waals surface area contributed by atoms with Gasteiger partial charge in [-0.05, 0) is 51.0 Å². The zero-order valence-electron chi connectivity index (χ0n) is 49.9. The van der Waals surface area contributed by atoms with Gasteiger partial charge in [0.25, 0.3) is 5.91 Å². The number of carbonyl (C=O) groups excluding carboxylic acids is 9. The Morgan fingerprint density at radius 2 is 1.39 bits per heavy atom. The molecule has 0 bridgehead atoms. The van der Waals surface area contributed by atoms with Crippen LogP contribution in [0, 0.1) is 0 Å². The van der Waals surface area contributed by atoms with Crippen molar-refractivity contribution in [1.82, 2.24) is 21.3 Å². The van der Waals surface area contributed by atoms with Gasteiger partial charge in [-0.25, -0.2) is 4.79 Å². The summed E-state index contributed by atoms with van der Waals surface area (Å²) in [5.41, 5.74) is 3.79. The van der Waals surface area contributed by atoms with Gasteiger partial charge in [0.1, 0.15) is 97.4 Å². The standard InChI is InChI=1S/C58H76N6O28/c1-22(61-56(85)50(80)49(79)52(32(70)19-67)92-57-51(81)48(78)45(75)35(20-68)91-57)53(82)60-23(2)54(83)63-31(16-36(59)71)55(84)62-26-10-8-25(9-11-26)21-88-58(86)64-30-17-37(89-24(3)42(30)72)90-34(14-15-65)39-29(13-12-27(69)18-66)44(74)40-41(47(39)77)46(76)38-28(43(40)73)6-5-7-33(38)87-4/h5-11,22-24,30-32,34-35,37,42,45,48-52,57,65-68,70,72,74-75,77-81H,12-21H2,1-4H3,(H2,59,71)(H,60,82)(H,61,85)(H,62,84)(H,63,83)(H,64,86)/t22?,23?,24-,30-,31?,32+,34?,35+,37-,42+,45-,48-,49-,50+,51+,52-,57-/m0/s1. The minimum atomic E-state index is -2.54. The Labute approximate surface area is 523 Å². The van der Waals surface area contributed by atoms with Crippen LogP contribution in [0.4, 0.5) is 10.5 Å². The van der Waals surface area contributed by atoms with E-state index in [2.05, 4.69) is 21.3 Å². The molecule has 6 rings (SSSR count). The number of ether oxygens (including phenoxy) is 6. The molecule has 3 aliphatic rings. The number of alkyl carbamates (subject to hydrolysis) is 1. The van der Waals surface area contributed by atoms with Crippen molar-refractivity contribution in [2.45, 2.75) is 163 Å². The van der Waals surface area contributed by atoms with Crippen LogP contribution in [0.25, 0.3) is 0 Å². The summed E-state index contributed by atoms with van der Waals surface area (Å²) in [6, 6.07) is 3.90. The number of phenols is 2. The van der Waals surface area contributed by atoms with Gasteiger partial charge >= 0.3 is 6.09 Å². The molecular weight excluding hydrogens is 1230 g/mol. The smallest absolute Gasteiger partial charge is 0.407 e. The summed E-state index contributed by atoms with van der Waals surface area (Å²) >= 11 is 0. The molecule has 506 valence electrons. The number of nitrogens with two attached hydrogens (primary N) is 1. The number of methoxy groups -OCH3 is 1. The van der Waals surface area contributed by atoms with Crippen molar-refractivity contribution < 1.29 is 138 Å². The molecule has 34 nitrogen and oxygen atoms in total. The Morgan fingerprint density at radius 1 is 0.750 bits per heavy atom. The number of phenolic OH excluding ortho intramolecular Hbond substituents is 2. The van der Waals surface area contributed by atoms with E-state index < -0.39 is 219 Å². The van der Waals surface area contributed by atoms with Crippen LogP contribution in [0.1, 0.15) is 101 Å². The van der Waals surface area contributed by atoms with Gasteiger partial charge in [0.05, 0.1) is 61.7 Å². The van der Waals surface area contributed by atoms with E-state index in [1.54, 1.807) is 0 Å². The maximum absolute atomic E-state index is 14.1. The fraction of sp³-hybridized carbons (Fsp3) is 0.534. The molecule has 20 N–H and O–H groups in total. The van der Waals surface area contributed by atoms with Crippen LogP contribution in [0.2, 0.25) is 0 Å². The van der Waals surface area contributed by atoms with E-state index in [4.69, 9.17) is 34.2 Å². The van der Waals surface area contributed by atoms with Crippen molar-refractivity contribution in [3.05, 3.63) is 81.4 Å². The molecule has 4 unspecified atom stereocenters. The van der Waals surface area contributed by atoms with Gasteiger partial charge in [-0.3, -0.25) is 38.4 Å². The number of aromatic hydroxyl groups is 2. The number of Topliss-reactive ketones (excluding diaryl/α,β-unsaturated/α-hetero) is 1. The number of benzene rings is 3. The molecule has 2 saturated heterocycles. The highest BCUT2D eigenvalue weighted by Crippen LogP contribution is 2.49. The molecule has 3 aromatic carbocycles. The van der Waals surface area contributed by atoms with E-state index in [-0.39, 0.29) is 59.6 Å². The minimum absolute atomic E-state index is 0.00886. The monoisotopic (exact) mass is 1300 g/mol. The lowest BCUT2D eigenvalue weighted by atomic mass is 9.78. The quantitative estimate of drug-likeness (QED) is 0.0216. The molecule has 17 atom stereocenters. The van der Waals surface area contributed by atoms with Crippen LogP contribution >= 0.6 is 0 Å². The number of ketones is 3. The predicted molar refractivity (Wildman–Crippen MR) is 307 cm³/mol. The van der Waals surface area contributed by atoms with Gasteiger partial charge in [-0.15, -0.1) is 0 Å². The van der Waals surface area contributed by atoms with Crippen LogP contribution in [0.3, 0.4) is 0 Å². The second kappa shape index (κ2) is 32.6. The molecule has 3 aromatic rings. The number of amides is 6. The lowest BCUT2D eigenvalue weighted by Crippen LogP contribution is -2.62. The van der Waals surface area contributed by atoms with E-state index >= 15 is 0 Å². The second-order valence-electron chi connectivity index (χ2n) is 21.9. The number of nitrogens with one attached hydrogen (secondary N) is 5. The molecule has 2 heterocycles. The van der Waals surface area contributed by atoms with E-state index in [9.17, 15) is 110 Å². The lowest BCUT2D eigenvalue weighted by molar-refractivity contribution is -0.326. The van der Waals surface area contributed by atoms with Gasteiger partial charge in [-0.1, -0.05) is 24.3 Å². The van der Waals surface area contributed by atoms with Gasteiger partial charge < -0.3 is 127 Å².